The molecule has 2 aromatic carbocycles. The normalized spacial score (nSPS) is 11.0. The van der Waals surface area contributed by atoms with Crippen LogP contribution in [-0.2, 0) is 13.6 Å². The molecular formula is C16H14ClN3O. The van der Waals surface area contributed by atoms with E-state index in [4.69, 9.17) is 17.0 Å². The lowest BCUT2D eigenvalue weighted by atomic mass is 10.1. The number of para-hydroxylation sites is 1. The second kappa shape index (κ2) is 5.22. The first-order valence-electron chi connectivity index (χ1n) is 6.56. The Hall–Kier alpha value is -2.33. The van der Waals surface area contributed by atoms with Crippen molar-refractivity contribution in [2.45, 2.75) is 6.54 Å². The summed E-state index contributed by atoms with van der Waals surface area (Å²) in [5, 5.41) is 8.77. The molecule has 0 amide bonds. The van der Waals surface area contributed by atoms with Gasteiger partial charge in [0.1, 0.15) is 0 Å². The number of Topliss-reactive ketones (excluding diaryl/α,β-unsaturated/α-hetero) is 1. The van der Waals surface area contributed by atoms with Crippen molar-refractivity contribution in [3.63, 3.8) is 0 Å². The van der Waals surface area contributed by atoms with Crippen molar-refractivity contribution in [3.8, 4) is 0 Å². The number of hydrogen-bond acceptors (Lipinski definition) is 2. The van der Waals surface area contributed by atoms with Crippen LogP contribution in [0.1, 0.15) is 10.4 Å². The maximum Gasteiger partial charge on any atom is 0.203 e. The highest BCUT2D eigenvalue weighted by Gasteiger charge is 2.14. The molecule has 0 aliphatic heterocycles. The Kier molecular flexibility index (Phi) is 3.39. The second-order valence-corrected chi connectivity index (χ2v) is 5.27. The maximum absolute atomic E-state index is 12.4. The summed E-state index contributed by atoms with van der Waals surface area (Å²) >= 11 is 6.20. The van der Waals surface area contributed by atoms with Crippen LogP contribution < -0.4 is 5.62 Å². The van der Waals surface area contributed by atoms with E-state index in [1.54, 1.807) is 34.4 Å². The minimum absolute atomic E-state index is 0.0263. The molecule has 0 saturated carbocycles. The fourth-order valence-corrected chi connectivity index (χ4v) is 2.77. The number of halogens is 1. The topological polar surface area (TPSA) is 50.8 Å². The average Bonchev–Trinajstić information content (AvgIpc) is 2.74. The van der Waals surface area contributed by atoms with Crippen LogP contribution >= 0.6 is 11.6 Å². The monoisotopic (exact) mass is 299 g/mol. The minimum Gasteiger partial charge on any atom is -0.312 e. The van der Waals surface area contributed by atoms with Crippen molar-refractivity contribution in [2.24, 2.45) is 7.05 Å². The van der Waals surface area contributed by atoms with Crippen molar-refractivity contribution in [1.82, 2.24) is 9.13 Å². The van der Waals surface area contributed by atoms with Crippen molar-refractivity contribution in [3.05, 3.63) is 64.7 Å². The fourth-order valence-electron chi connectivity index (χ4n) is 2.47. The summed E-state index contributed by atoms with van der Waals surface area (Å²) in [6, 6.07) is 14.6. The molecule has 0 atom stereocenters. The van der Waals surface area contributed by atoms with Crippen LogP contribution in [0.4, 0.5) is 0 Å². The molecule has 1 aromatic heterocycles. The van der Waals surface area contributed by atoms with Crippen molar-refractivity contribution >= 4 is 28.4 Å². The zero-order chi connectivity index (χ0) is 15.0. The van der Waals surface area contributed by atoms with Gasteiger partial charge in [-0.1, -0.05) is 48.0 Å². The third-order valence-electron chi connectivity index (χ3n) is 3.56. The number of imidazole rings is 1. The quantitative estimate of drug-likeness (QED) is 0.743. The molecule has 0 radical (unpaired) electrons. The third kappa shape index (κ3) is 2.28. The lowest BCUT2D eigenvalue weighted by Crippen LogP contribution is -2.25. The van der Waals surface area contributed by atoms with Gasteiger partial charge in [0.25, 0.3) is 0 Å². The molecule has 0 unspecified atom stereocenters. The number of aromatic nitrogens is 2. The van der Waals surface area contributed by atoms with Gasteiger partial charge < -0.3 is 9.13 Å². The van der Waals surface area contributed by atoms with E-state index < -0.39 is 0 Å². The third-order valence-corrected chi connectivity index (χ3v) is 3.87. The first kappa shape index (κ1) is 13.6. The van der Waals surface area contributed by atoms with Crippen molar-refractivity contribution < 1.29 is 4.79 Å². The van der Waals surface area contributed by atoms with E-state index in [-0.39, 0.29) is 17.9 Å². The highest BCUT2D eigenvalue weighted by molar-refractivity contribution is 6.35. The van der Waals surface area contributed by atoms with E-state index in [0.717, 1.165) is 11.0 Å². The molecule has 21 heavy (non-hydrogen) atoms. The number of nitrogens with one attached hydrogen (secondary N) is 1. The second-order valence-electron chi connectivity index (χ2n) is 4.87. The molecular weight excluding hydrogens is 286 g/mol. The fraction of sp³-hybridized carbons (Fsp3) is 0.125. The van der Waals surface area contributed by atoms with E-state index in [9.17, 15) is 4.79 Å². The molecule has 0 aliphatic carbocycles. The van der Waals surface area contributed by atoms with Gasteiger partial charge in [-0.15, -0.1) is 0 Å². The van der Waals surface area contributed by atoms with E-state index in [1.165, 1.54) is 0 Å². The Bertz CT molecular complexity index is 878. The Balaban J connectivity index is 2.10. The molecule has 106 valence electrons. The number of carbonyl (C=O) groups excluding carboxylic acids is 1. The summed E-state index contributed by atoms with van der Waals surface area (Å²) in [5.74, 6) is -0.0263. The van der Waals surface area contributed by atoms with E-state index in [2.05, 4.69) is 0 Å². The van der Waals surface area contributed by atoms with Crippen molar-refractivity contribution in [1.29, 1.82) is 5.41 Å². The van der Waals surface area contributed by atoms with Gasteiger partial charge in [-0.3, -0.25) is 10.2 Å². The molecule has 3 rings (SSSR count). The van der Waals surface area contributed by atoms with Gasteiger partial charge in [0, 0.05) is 12.6 Å². The first-order chi connectivity index (χ1) is 10.1. The van der Waals surface area contributed by atoms with Crippen LogP contribution in [0.15, 0.2) is 48.5 Å². The van der Waals surface area contributed by atoms with Crippen LogP contribution in [0.2, 0.25) is 5.02 Å². The SMILES string of the molecule is Cn1c(=N)n(CC(=O)c2ccccc2)c2cccc(Cl)c21. The number of nitrogens with zero attached hydrogens (tertiary/aromatic N) is 2. The Morgan fingerprint density at radius 1 is 1.14 bits per heavy atom. The summed E-state index contributed by atoms with van der Waals surface area (Å²) in [6.07, 6.45) is 0. The first-order valence-corrected chi connectivity index (χ1v) is 6.94. The number of ketones is 1. The predicted molar refractivity (Wildman–Crippen MR) is 82.5 cm³/mol. The molecule has 1 N–H and O–H groups in total. The number of hydrogen-bond donors (Lipinski definition) is 1. The number of benzene rings is 2. The lowest BCUT2D eigenvalue weighted by Gasteiger charge is -2.04. The Morgan fingerprint density at radius 3 is 2.57 bits per heavy atom. The van der Waals surface area contributed by atoms with Gasteiger partial charge >= 0.3 is 0 Å². The van der Waals surface area contributed by atoms with Gasteiger partial charge in [0.2, 0.25) is 5.62 Å². The van der Waals surface area contributed by atoms with E-state index in [0.29, 0.717) is 10.6 Å². The molecule has 3 aromatic rings. The van der Waals surface area contributed by atoms with E-state index >= 15 is 0 Å². The Morgan fingerprint density at radius 2 is 1.86 bits per heavy atom. The zero-order valence-electron chi connectivity index (χ0n) is 11.5. The number of aryl methyl sites for hydroxylation is 1. The summed E-state index contributed by atoms with van der Waals surface area (Å²) in [4.78, 5) is 12.4. The number of fused-ring (bicyclic) bond motifs is 1. The van der Waals surface area contributed by atoms with Gasteiger partial charge in [-0.2, -0.15) is 0 Å². The van der Waals surface area contributed by atoms with Gasteiger partial charge in [-0.25, -0.2) is 0 Å². The lowest BCUT2D eigenvalue weighted by molar-refractivity contribution is 0.0971. The highest BCUT2D eigenvalue weighted by atomic mass is 35.5. The predicted octanol–water partition coefficient (Wildman–Crippen LogP) is 3.00. The molecule has 1 heterocycles. The van der Waals surface area contributed by atoms with Crippen LogP contribution in [0, 0.1) is 5.41 Å². The molecule has 0 fully saturated rings. The smallest absolute Gasteiger partial charge is 0.203 e. The summed E-state index contributed by atoms with van der Waals surface area (Å²) in [6.45, 7) is 0.126. The van der Waals surface area contributed by atoms with Gasteiger partial charge in [0.15, 0.2) is 5.78 Å². The largest absolute Gasteiger partial charge is 0.312 e. The number of rotatable bonds is 3. The van der Waals surface area contributed by atoms with Crippen LogP contribution in [0.25, 0.3) is 11.0 Å². The molecule has 4 nitrogen and oxygen atoms in total. The number of carbonyl (C=O) groups is 1. The summed E-state index contributed by atoms with van der Waals surface area (Å²) in [5.41, 5.74) is 2.45. The standard InChI is InChI=1S/C16H14ClN3O/c1-19-15-12(17)8-5-9-13(15)20(16(19)18)10-14(21)11-6-3-2-4-7-11/h2-9,18H,10H2,1H3. The van der Waals surface area contributed by atoms with Gasteiger partial charge in [-0.05, 0) is 12.1 Å². The maximum atomic E-state index is 12.4. The molecule has 0 bridgehead atoms. The van der Waals surface area contributed by atoms with Crippen molar-refractivity contribution in [2.75, 3.05) is 0 Å². The minimum atomic E-state index is -0.0263. The molecule has 0 spiro atoms. The van der Waals surface area contributed by atoms with Crippen LogP contribution in [0.3, 0.4) is 0 Å². The molecule has 0 saturated heterocycles. The summed E-state index contributed by atoms with van der Waals surface area (Å²) in [7, 11) is 1.78. The van der Waals surface area contributed by atoms with Gasteiger partial charge in [0.05, 0.1) is 22.6 Å². The molecule has 0 aliphatic rings. The van der Waals surface area contributed by atoms with E-state index in [1.807, 2.05) is 30.3 Å². The summed E-state index contributed by atoms with van der Waals surface area (Å²) < 4.78 is 3.37. The highest BCUT2D eigenvalue weighted by Crippen LogP contribution is 2.22. The Labute approximate surface area is 126 Å². The molecule has 5 heteroatoms. The van der Waals surface area contributed by atoms with Crippen LogP contribution in [0.5, 0.6) is 0 Å². The zero-order valence-corrected chi connectivity index (χ0v) is 12.3. The van der Waals surface area contributed by atoms with Crippen LogP contribution in [-0.4, -0.2) is 14.9 Å². The average molecular weight is 300 g/mol.